The van der Waals surface area contributed by atoms with Crippen molar-refractivity contribution in [1.29, 1.82) is 0 Å². The zero-order valence-electron chi connectivity index (χ0n) is 13.7. The fourth-order valence-electron chi connectivity index (χ4n) is 3.07. The van der Waals surface area contributed by atoms with Gasteiger partial charge in [0.25, 0.3) is 0 Å². The van der Waals surface area contributed by atoms with Crippen LogP contribution in [-0.4, -0.2) is 31.1 Å². The van der Waals surface area contributed by atoms with Gasteiger partial charge in [0.1, 0.15) is 6.61 Å². The van der Waals surface area contributed by atoms with Crippen molar-refractivity contribution in [2.45, 2.75) is 53.4 Å². The lowest BCUT2D eigenvalue weighted by Gasteiger charge is -2.30. The summed E-state index contributed by atoms with van der Waals surface area (Å²) in [6.07, 6.45) is 9.73. The van der Waals surface area contributed by atoms with Crippen LogP contribution in [0, 0.1) is 11.3 Å². The summed E-state index contributed by atoms with van der Waals surface area (Å²) < 4.78 is 6.03. The molecule has 2 nitrogen and oxygen atoms in total. The highest BCUT2D eigenvalue weighted by Gasteiger charge is 2.24. The van der Waals surface area contributed by atoms with E-state index in [1.165, 1.54) is 43.7 Å². The molecular weight excluding hydrogens is 246 g/mol. The number of piperidine rings is 1. The smallest absolute Gasteiger partial charge is 0.100 e. The lowest BCUT2D eigenvalue weighted by atomic mass is 9.78. The van der Waals surface area contributed by atoms with Gasteiger partial charge >= 0.3 is 0 Å². The van der Waals surface area contributed by atoms with Crippen LogP contribution < -0.4 is 0 Å². The summed E-state index contributed by atoms with van der Waals surface area (Å²) in [7, 11) is 0. The molecule has 0 aromatic rings. The molecule has 114 valence electrons. The Hall–Kier alpha value is -0.760. The summed E-state index contributed by atoms with van der Waals surface area (Å²) in [5, 5.41) is 0. The van der Waals surface area contributed by atoms with E-state index in [1.54, 1.807) is 0 Å². The first-order valence-electron chi connectivity index (χ1n) is 8.23. The van der Waals surface area contributed by atoms with E-state index < -0.39 is 0 Å². The molecule has 0 amide bonds. The summed E-state index contributed by atoms with van der Waals surface area (Å²) in [5.74, 6) is 1.70. The zero-order chi connectivity index (χ0) is 14.6. The number of hydrogen-bond acceptors (Lipinski definition) is 2. The van der Waals surface area contributed by atoms with Crippen LogP contribution in [0.1, 0.15) is 53.4 Å². The molecule has 0 N–H and O–H groups in total. The second-order valence-corrected chi connectivity index (χ2v) is 7.37. The van der Waals surface area contributed by atoms with E-state index in [9.17, 15) is 0 Å². The Bertz CT molecular complexity index is 369. The number of hydrogen-bond donors (Lipinski definition) is 0. The number of ether oxygens (including phenoxy) is 1. The van der Waals surface area contributed by atoms with Gasteiger partial charge < -0.3 is 4.74 Å². The SMILES string of the molecule is CC1CC(C(C)(C)C)=CC=C1OCCN1CCCCC1. The van der Waals surface area contributed by atoms with Gasteiger partial charge in [-0.15, -0.1) is 0 Å². The Kier molecular flexibility index (Phi) is 5.31. The highest BCUT2D eigenvalue weighted by atomic mass is 16.5. The van der Waals surface area contributed by atoms with Crippen molar-refractivity contribution in [2.75, 3.05) is 26.2 Å². The summed E-state index contributed by atoms with van der Waals surface area (Å²) in [4.78, 5) is 2.54. The highest BCUT2D eigenvalue weighted by molar-refractivity contribution is 5.26. The maximum absolute atomic E-state index is 6.03. The summed E-state index contributed by atoms with van der Waals surface area (Å²) in [6.45, 7) is 13.6. The molecule has 0 spiro atoms. The van der Waals surface area contributed by atoms with Crippen molar-refractivity contribution in [3.8, 4) is 0 Å². The first-order chi connectivity index (χ1) is 9.47. The van der Waals surface area contributed by atoms with E-state index in [0.29, 0.717) is 5.92 Å². The molecule has 1 saturated heterocycles. The third-order valence-corrected chi connectivity index (χ3v) is 4.55. The van der Waals surface area contributed by atoms with E-state index in [0.717, 1.165) is 19.6 Å². The monoisotopic (exact) mass is 277 g/mol. The second-order valence-electron chi connectivity index (χ2n) is 7.37. The average molecular weight is 277 g/mol. The quantitative estimate of drug-likeness (QED) is 0.756. The molecular formula is C18H31NO. The van der Waals surface area contributed by atoms with Gasteiger partial charge in [-0.25, -0.2) is 0 Å². The van der Waals surface area contributed by atoms with Gasteiger partial charge in [0.15, 0.2) is 0 Å². The molecule has 1 aliphatic carbocycles. The molecule has 2 aliphatic rings. The molecule has 0 saturated carbocycles. The number of allylic oxidation sites excluding steroid dienone is 4. The number of nitrogens with zero attached hydrogens (tertiary/aromatic N) is 1. The third-order valence-electron chi connectivity index (χ3n) is 4.55. The average Bonchev–Trinajstić information content (AvgIpc) is 2.40. The normalized spacial score (nSPS) is 25.1. The van der Waals surface area contributed by atoms with Crippen LogP contribution in [0.4, 0.5) is 0 Å². The van der Waals surface area contributed by atoms with E-state index in [2.05, 4.69) is 44.7 Å². The molecule has 2 heteroatoms. The molecule has 0 bridgehead atoms. The van der Waals surface area contributed by atoms with Crippen LogP contribution in [0.25, 0.3) is 0 Å². The maximum atomic E-state index is 6.03. The van der Waals surface area contributed by atoms with Crippen molar-refractivity contribution in [3.63, 3.8) is 0 Å². The van der Waals surface area contributed by atoms with E-state index in [-0.39, 0.29) is 5.41 Å². The fraction of sp³-hybridized carbons (Fsp3) is 0.778. The topological polar surface area (TPSA) is 12.5 Å². The number of likely N-dealkylation sites (tertiary alicyclic amines) is 1. The largest absolute Gasteiger partial charge is 0.496 e. The predicted octanol–water partition coefficient (Wildman–Crippen LogP) is 4.39. The zero-order valence-corrected chi connectivity index (χ0v) is 13.7. The van der Waals surface area contributed by atoms with Crippen molar-refractivity contribution in [1.82, 2.24) is 4.90 Å². The Morgan fingerprint density at radius 1 is 1.15 bits per heavy atom. The lowest BCUT2D eigenvalue weighted by molar-refractivity contribution is 0.126. The van der Waals surface area contributed by atoms with Crippen LogP contribution in [0.15, 0.2) is 23.5 Å². The van der Waals surface area contributed by atoms with Gasteiger partial charge in [0.05, 0.1) is 5.76 Å². The van der Waals surface area contributed by atoms with E-state index >= 15 is 0 Å². The minimum Gasteiger partial charge on any atom is -0.496 e. The Labute approximate surface area is 124 Å². The number of rotatable bonds is 4. The van der Waals surface area contributed by atoms with E-state index in [4.69, 9.17) is 4.74 Å². The third kappa shape index (κ3) is 4.37. The van der Waals surface area contributed by atoms with Crippen LogP contribution >= 0.6 is 0 Å². The Morgan fingerprint density at radius 2 is 1.85 bits per heavy atom. The highest BCUT2D eigenvalue weighted by Crippen LogP contribution is 2.36. The Balaban J connectivity index is 1.80. The van der Waals surface area contributed by atoms with Gasteiger partial charge in [-0.3, -0.25) is 4.90 Å². The molecule has 20 heavy (non-hydrogen) atoms. The molecule has 1 fully saturated rings. The molecule has 0 aromatic carbocycles. The molecule has 1 unspecified atom stereocenters. The van der Waals surface area contributed by atoms with E-state index in [1.807, 2.05) is 0 Å². The second kappa shape index (κ2) is 6.80. The molecule has 1 aliphatic heterocycles. The minimum atomic E-state index is 0.282. The van der Waals surface area contributed by atoms with Gasteiger partial charge in [-0.05, 0) is 43.8 Å². The first-order valence-corrected chi connectivity index (χ1v) is 8.23. The molecule has 0 aromatic heterocycles. The van der Waals surface area contributed by atoms with Gasteiger partial charge in [0.2, 0.25) is 0 Å². The minimum absolute atomic E-state index is 0.282. The first kappa shape index (κ1) is 15.6. The van der Waals surface area contributed by atoms with Crippen molar-refractivity contribution in [2.24, 2.45) is 11.3 Å². The Morgan fingerprint density at radius 3 is 2.45 bits per heavy atom. The van der Waals surface area contributed by atoms with Crippen molar-refractivity contribution >= 4 is 0 Å². The summed E-state index contributed by atoms with van der Waals surface area (Å²) >= 11 is 0. The fourth-order valence-corrected chi connectivity index (χ4v) is 3.07. The molecule has 0 radical (unpaired) electrons. The van der Waals surface area contributed by atoms with Crippen LogP contribution in [0.3, 0.4) is 0 Å². The standard InChI is InChI=1S/C18H31NO/c1-15-14-16(18(2,3)4)8-9-17(15)20-13-12-19-10-6-5-7-11-19/h8-9,15H,5-7,10-14H2,1-4H3. The summed E-state index contributed by atoms with van der Waals surface area (Å²) in [5.41, 5.74) is 1.82. The predicted molar refractivity (Wildman–Crippen MR) is 85.6 cm³/mol. The van der Waals surface area contributed by atoms with Gasteiger partial charge in [0, 0.05) is 12.5 Å². The molecule has 1 atom stereocenters. The molecule has 2 rings (SSSR count). The molecule has 1 heterocycles. The lowest BCUT2D eigenvalue weighted by Crippen LogP contribution is -2.32. The summed E-state index contributed by atoms with van der Waals surface area (Å²) in [6, 6.07) is 0. The van der Waals surface area contributed by atoms with Gasteiger partial charge in [-0.1, -0.05) is 45.8 Å². The van der Waals surface area contributed by atoms with Crippen molar-refractivity contribution in [3.05, 3.63) is 23.5 Å². The maximum Gasteiger partial charge on any atom is 0.100 e. The van der Waals surface area contributed by atoms with Crippen molar-refractivity contribution < 1.29 is 4.74 Å². The van der Waals surface area contributed by atoms with Gasteiger partial charge in [-0.2, -0.15) is 0 Å². The van der Waals surface area contributed by atoms with Crippen LogP contribution in [0.5, 0.6) is 0 Å². The van der Waals surface area contributed by atoms with Crippen LogP contribution in [0.2, 0.25) is 0 Å². The van der Waals surface area contributed by atoms with Crippen LogP contribution in [-0.2, 0) is 4.74 Å².